The van der Waals surface area contributed by atoms with Crippen LogP contribution < -0.4 is 10.6 Å². The van der Waals surface area contributed by atoms with Gasteiger partial charge in [0.05, 0.1) is 22.2 Å². The number of nitrogens with zero attached hydrogens (tertiary/aromatic N) is 1. The Kier molecular flexibility index (Phi) is 3.02. The highest BCUT2D eigenvalue weighted by Crippen LogP contribution is 2.34. The Bertz CT molecular complexity index is 715. The van der Waals surface area contributed by atoms with E-state index in [0.717, 1.165) is 0 Å². The lowest BCUT2D eigenvalue weighted by Crippen LogP contribution is -2.44. The van der Waals surface area contributed by atoms with Crippen LogP contribution in [0.3, 0.4) is 0 Å². The summed E-state index contributed by atoms with van der Waals surface area (Å²) in [6.07, 6.45) is 0. The van der Waals surface area contributed by atoms with Gasteiger partial charge in [-0.15, -0.1) is 0 Å². The zero-order valence-electron chi connectivity index (χ0n) is 10.4. The zero-order chi connectivity index (χ0) is 15.1. The van der Waals surface area contributed by atoms with Crippen molar-refractivity contribution in [2.75, 3.05) is 6.61 Å². The van der Waals surface area contributed by atoms with Gasteiger partial charge in [-0.3, -0.25) is 10.1 Å². The molecule has 0 fully saturated rings. The SMILES string of the molecule is O=C1NC2=C(C(=O)OC2)[C@H](c2ccc(Cl)c([N+](=O)[O-])c2)N1. The van der Waals surface area contributed by atoms with E-state index in [9.17, 15) is 19.7 Å². The second-order valence-corrected chi connectivity index (χ2v) is 4.87. The van der Waals surface area contributed by atoms with Crippen LogP contribution in [0.2, 0.25) is 5.02 Å². The third-order valence-corrected chi connectivity index (χ3v) is 3.54. The number of nitro groups is 1. The first kappa shape index (κ1) is 13.4. The number of ether oxygens (including phenoxy) is 1. The number of benzene rings is 1. The molecule has 21 heavy (non-hydrogen) atoms. The third kappa shape index (κ3) is 2.19. The average Bonchev–Trinajstić information content (AvgIpc) is 2.79. The lowest BCUT2D eigenvalue weighted by Gasteiger charge is -2.24. The van der Waals surface area contributed by atoms with Crippen molar-refractivity contribution >= 4 is 29.3 Å². The largest absolute Gasteiger partial charge is 0.456 e. The van der Waals surface area contributed by atoms with E-state index in [1.54, 1.807) is 0 Å². The second kappa shape index (κ2) is 4.74. The Balaban J connectivity index is 2.09. The number of hydrogen-bond acceptors (Lipinski definition) is 5. The highest BCUT2D eigenvalue weighted by Gasteiger charge is 2.38. The van der Waals surface area contributed by atoms with Gasteiger partial charge in [0.2, 0.25) is 0 Å². The fraction of sp³-hybridized carbons (Fsp3) is 0.167. The highest BCUT2D eigenvalue weighted by atomic mass is 35.5. The first-order chi connectivity index (χ1) is 9.97. The van der Waals surface area contributed by atoms with Crippen LogP contribution in [-0.2, 0) is 9.53 Å². The second-order valence-electron chi connectivity index (χ2n) is 4.47. The summed E-state index contributed by atoms with van der Waals surface area (Å²) in [5, 5.41) is 15.9. The van der Waals surface area contributed by atoms with Crippen LogP contribution in [0.1, 0.15) is 11.6 Å². The third-order valence-electron chi connectivity index (χ3n) is 3.22. The Hall–Kier alpha value is -2.61. The van der Waals surface area contributed by atoms with Crippen LogP contribution in [0.5, 0.6) is 0 Å². The minimum Gasteiger partial charge on any atom is -0.456 e. The molecule has 2 aliphatic rings. The van der Waals surface area contributed by atoms with Gasteiger partial charge in [0.15, 0.2) is 0 Å². The van der Waals surface area contributed by atoms with Crippen LogP contribution in [0.4, 0.5) is 10.5 Å². The Labute approximate surface area is 122 Å². The number of hydrogen-bond donors (Lipinski definition) is 2. The predicted octanol–water partition coefficient (Wildman–Crippen LogP) is 1.41. The number of nitrogens with one attached hydrogen (secondary N) is 2. The van der Waals surface area contributed by atoms with E-state index in [1.165, 1.54) is 18.2 Å². The molecule has 1 atom stereocenters. The molecule has 0 aliphatic carbocycles. The lowest BCUT2D eigenvalue weighted by molar-refractivity contribution is -0.384. The molecular formula is C12H8ClN3O5. The van der Waals surface area contributed by atoms with Crippen LogP contribution in [0.15, 0.2) is 29.5 Å². The number of rotatable bonds is 2. The lowest BCUT2D eigenvalue weighted by atomic mass is 9.96. The first-order valence-corrected chi connectivity index (χ1v) is 6.26. The summed E-state index contributed by atoms with van der Waals surface area (Å²) in [5.41, 5.74) is 0.695. The van der Waals surface area contributed by atoms with Gasteiger partial charge in [-0.05, 0) is 11.6 Å². The van der Waals surface area contributed by atoms with Crippen molar-refractivity contribution in [2.45, 2.75) is 6.04 Å². The van der Waals surface area contributed by atoms with Gasteiger partial charge in [-0.25, -0.2) is 9.59 Å². The predicted molar refractivity (Wildman–Crippen MR) is 70.5 cm³/mol. The molecule has 0 spiro atoms. The van der Waals surface area contributed by atoms with Gasteiger partial charge in [-0.2, -0.15) is 0 Å². The molecule has 2 amide bonds. The average molecular weight is 310 g/mol. The minimum absolute atomic E-state index is 0.0201. The maximum absolute atomic E-state index is 11.8. The number of esters is 1. The smallest absolute Gasteiger partial charge is 0.338 e. The molecule has 0 saturated carbocycles. The van der Waals surface area contributed by atoms with Gasteiger partial charge in [0, 0.05) is 6.07 Å². The van der Waals surface area contributed by atoms with E-state index in [0.29, 0.717) is 11.3 Å². The minimum atomic E-state index is -0.806. The van der Waals surface area contributed by atoms with Gasteiger partial charge in [0.1, 0.15) is 11.6 Å². The molecule has 2 N–H and O–H groups in total. The van der Waals surface area contributed by atoms with Crippen molar-refractivity contribution in [3.8, 4) is 0 Å². The van der Waals surface area contributed by atoms with Gasteiger partial charge >= 0.3 is 12.0 Å². The molecule has 1 aromatic carbocycles. The molecular weight excluding hydrogens is 302 g/mol. The number of halogens is 1. The monoisotopic (exact) mass is 309 g/mol. The van der Waals surface area contributed by atoms with Crippen LogP contribution in [0, 0.1) is 10.1 Å². The maximum Gasteiger partial charge on any atom is 0.338 e. The summed E-state index contributed by atoms with van der Waals surface area (Å²) in [4.78, 5) is 33.7. The Morgan fingerprint density at radius 3 is 2.86 bits per heavy atom. The van der Waals surface area contributed by atoms with Crippen molar-refractivity contribution in [1.82, 2.24) is 10.6 Å². The van der Waals surface area contributed by atoms with E-state index >= 15 is 0 Å². The molecule has 0 radical (unpaired) electrons. The van der Waals surface area contributed by atoms with Crippen LogP contribution in [0.25, 0.3) is 0 Å². The molecule has 0 unspecified atom stereocenters. The molecule has 0 saturated heterocycles. The van der Waals surface area contributed by atoms with Crippen molar-refractivity contribution in [3.05, 3.63) is 50.2 Å². The summed E-state index contributed by atoms with van der Waals surface area (Å²) in [7, 11) is 0. The standard InChI is InChI=1S/C12H8ClN3O5/c13-6-2-1-5(3-8(6)16(19)20)10-9-7(4-21-11(9)17)14-12(18)15-10/h1-3,10H,4H2,(H2,14,15,18)/t10-/m0/s1. The summed E-state index contributed by atoms with van der Waals surface area (Å²) >= 11 is 5.75. The summed E-state index contributed by atoms with van der Waals surface area (Å²) in [6.45, 7) is -0.0201. The zero-order valence-corrected chi connectivity index (χ0v) is 11.1. The van der Waals surface area contributed by atoms with Crippen molar-refractivity contribution in [3.63, 3.8) is 0 Å². The normalized spacial score (nSPS) is 20.5. The van der Waals surface area contributed by atoms with Gasteiger partial charge in [-0.1, -0.05) is 17.7 Å². The Morgan fingerprint density at radius 2 is 2.14 bits per heavy atom. The van der Waals surface area contributed by atoms with Crippen molar-refractivity contribution in [2.24, 2.45) is 0 Å². The molecule has 1 aromatic rings. The van der Waals surface area contributed by atoms with Crippen molar-refractivity contribution in [1.29, 1.82) is 0 Å². The molecule has 2 heterocycles. The van der Waals surface area contributed by atoms with E-state index < -0.39 is 23.0 Å². The molecule has 0 bridgehead atoms. The van der Waals surface area contributed by atoms with Gasteiger partial charge in [0.25, 0.3) is 5.69 Å². The van der Waals surface area contributed by atoms with E-state index in [2.05, 4.69) is 10.6 Å². The molecule has 3 rings (SSSR count). The van der Waals surface area contributed by atoms with Crippen molar-refractivity contribution < 1.29 is 19.2 Å². The molecule has 2 aliphatic heterocycles. The van der Waals surface area contributed by atoms with E-state index in [4.69, 9.17) is 16.3 Å². The topological polar surface area (TPSA) is 111 Å². The number of carbonyl (C=O) groups is 2. The highest BCUT2D eigenvalue weighted by molar-refractivity contribution is 6.32. The quantitative estimate of drug-likeness (QED) is 0.487. The van der Waals surface area contributed by atoms with Gasteiger partial charge < -0.3 is 15.4 Å². The molecule has 108 valence electrons. The molecule has 8 nitrogen and oxygen atoms in total. The summed E-state index contributed by atoms with van der Waals surface area (Å²) in [5.74, 6) is -0.569. The van der Waals surface area contributed by atoms with Crippen LogP contribution >= 0.6 is 11.6 Å². The fourth-order valence-corrected chi connectivity index (χ4v) is 2.47. The maximum atomic E-state index is 11.8. The molecule has 0 aromatic heterocycles. The number of carbonyl (C=O) groups excluding carboxylic acids is 2. The number of cyclic esters (lactones) is 1. The number of nitro benzene ring substituents is 1. The summed E-state index contributed by atoms with van der Waals surface area (Å²) in [6, 6.07) is 2.79. The van der Waals surface area contributed by atoms with Crippen LogP contribution in [-0.4, -0.2) is 23.5 Å². The van der Waals surface area contributed by atoms with E-state index in [1.807, 2.05) is 0 Å². The van der Waals surface area contributed by atoms with E-state index in [-0.39, 0.29) is 22.9 Å². The fourth-order valence-electron chi connectivity index (χ4n) is 2.29. The number of amides is 2. The first-order valence-electron chi connectivity index (χ1n) is 5.89. The summed E-state index contributed by atoms with van der Waals surface area (Å²) < 4.78 is 4.87. The molecule has 9 heteroatoms. The number of urea groups is 1. The Morgan fingerprint density at radius 1 is 1.38 bits per heavy atom.